The van der Waals surface area contributed by atoms with Gasteiger partial charge in [0, 0.05) is 17.9 Å². The number of nitrogen functional groups attached to an aromatic ring is 1. The number of aryl methyl sites for hydroxylation is 2. The van der Waals surface area contributed by atoms with Crippen LogP contribution in [0.4, 0.5) is 17.3 Å². The molecule has 160 valence electrons. The van der Waals surface area contributed by atoms with Crippen LogP contribution in [-0.2, 0) is 17.8 Å². The van der Waals surface area contributed by atoms with E-state index in [9.17, 15) is 9.59 Å². The second kappa shape index (κ2) is 8.47. The number of fused-ring (bicyclic) bond motifs is 1. The Kier molecular flexibility index (Phi) is 5.57. The molecule has 0 bridgehead atoms. The zero-order chi connectivity index (χ0) is 22.0. The number of carbonyl (C=O) groups is 1. The van der Waals surface area contributed by atoms with Crippen LogP contribution in [0.3, 0.4) is 0 Å². The van der Waals surface area contributed by atoms with E-state index in [0.717, 1.165) is 28.9 Å². The fraction of sp³-hybridized carbons (Fsp3) is 0.273. The minimum Gasteiger partial charge on any atom is -0.475 e. The number of hydrogen-bond donors (Lipinski definition) is 3. The fourth-order valence-corrected chi connectivity index (χ4v) is 3.55. The highest BCUT2D eigenvalue weighted by Gasteiger charge is 2.32. The number of para-hydroxylation sites is 1. The summed E-state index contributed by atoms with van der Waals surface area (Å²) in [5, 5.41) is 5.96. The second-order valence-electron chi connectivity index (χ2n) is 7.28. The molecule has 0 radical (unpaired) electrons. The van der Waals surface area contributed by atoms with Crippen LogP contribution in [0, 0.1) is 6.92 Å². The van der Waals surface area contributed by atoms with E-state index in [0.29, 0.717) is 5.82 Å². The predicted molar refractivity (Wildman–Crippen MR) is 117 cm³/mol. The van der Waals surface area contributed by atoms with Crippen molar-refractivity contribution in [3.63, 3.8) is 0 Å². The lowest BCUT2D eigenvalue weighted by Gasteiger charge is -2.14. The number of nitrogens with zero attached hydrogens (tertiary/aromatic N) is 3. The van der Waals surface area contributed by atoms with Gasteiger partial charge in [0.1, 0.15) is 12.4 Å². The lowest BCUT2D eigenvalue weighted by molar-refractivity contribution is -0.124. The molecule has 4 N–H and O–H groups in total. The summed E-state index contributed by atoms with van der Waals surface area (Å²) in [6, 6.07) is 10.4. The number of nitrogens with two attached hydrogens (primary N) is 1. The molecule has 31 heavy (non-hydrogen) atoms. The van der Waals surface area contributed by atoms with Gasteiger partial charge in [0.15, 0.2) is 11.9 Å². The topological polar surface area (TPSA) is 124 Å². The highest BCUT2D eigenvalue weighted by atomic mass is 16.5. The van der Waals surface area contributed by atoms with Crippen LogP contribution in [0.15, 0.2) is 47.4 Å². The monoisotopic (exact) mass is 420 g/mol. The van der Waals surface area contributed by atoms with Crippen LogP contribution < -0.4 is 26.7 Å². The molecular formula is C22H24N6O3. The van der Waals surface area contributed by atoms with Gasteiger partial charge < -0.3 is 21.1 Å². The van der Waals surface area contributed by atoms with Crippen molar-refractivity contribution in [3.05, 3.63) is 69.8 Å². The van der Waals surface area contributed by atoms with E-state index in [1.807, 2.05) is 44.2 Å². The van der Waals surface area contributed by atoms with Gasteiger partial charge >= 0.3 is 0 Å². The number of hydrogen-bond acceptors (Lipinski definition) is 7. The lowest BCUT2D eigenvalue weighted by atomic mass is 10.1. The zero-order valence-corrected chi connectivity index (χ0v) is 17.4. The summed E-state index contributed by atoms with van der Waals surface area (Å²) >= 11 is 0. The summed E-state index contributed by atoms with van der Waals surface area (Å²) in [4.78, 5) is 34.3. The van der Waals surface area contributed by atoms with Gasteiger partial charge in [-0.3, -0.25) is 14.2 Å². The van der Waals surface area contributed by atoms with Crippen LogP contribution in [0.25, 0.3) is 0 Å². The Morgan fingerprint density at radius 3 is 2.84 bits per heavy atom. The van der Waals surface area contributed by atoms with E-state index in [1.54, 1.807) is 6.07 Å². The summed E-state index contributed by atoms with van der Waals surface area (Å²) in [6.07, 6.45) is 2.27. The summed E-state index contributed by atoms with van der Waals surface area (Å²) in [7, 11) is 0. The first kappa shape index (κ1) is 20.4. The Hall–Kier alpha value is -3.88. The third kappa shape index (κ3) is 4.07. The number of carbonyl (C=O) groups excluding carboxylic acids is 1. The average molecular weight is 420 g/mol. The Morgan fingerprint density at radius 1 is 1.26 bits per heavy atom. The average Bonchev–Trinajstić information content (AvgIpc) is 3.20. The van der Waals surface area contributed by atoms with E-state index < -0.39 is 11.6 Å². The van der Waals surface area contributed by atoms with E-state index >= 15 is 0 Å². The lowest BCUT2D eigenvalue weighted by Crippen LogP contribution is -2.37. The Morgan fingerprint density at radius 2 is 2.06 bits per heavy atom. The molecule has 1 atom stereocenters. The van der Waals surface area contributed by atoms with Gasteiger partial charge in [0.2, 0.25) is 11.8 Å². The van der Waals surface area contributed by atoms with Crippen molar-refractivity contribution in [2.24, 2.45) is 0 Å². The standard InChI is InChI=1S/C22H24N6O3/c1-3-14-6-4-5-7-16(14)27-20-22(30)28-17(12-31-19(28)11-24-20)21(29)25-10-15-8-9-18(23)26-13(15)2/h4-9,11,17H,3,10,12H2,1-2H3,(H2,23,26)(H,24,27)(H,25,29)/t17-/m0/s1. The van der Waals surface area contributed by atoms with Crippen LogP contribution in [0.1, 0.15) is 29.8 Å². The number of amides is 1. The van der Waals surface area contributed by atoms with Gasteiger partial charge in [-0.05, 0) is 36.6 Å². The van der Waals surface area contributed by atoms with Crippen molar-refractivity contribution in [3.8, 4) is 5.88 Å². The molecule has 4 rings (SSSR count). The molecule has 0 saturated heterocycles. The Bertz CT molecular complexity index is 1190. The molecule has 9 nitrogen and oxygen atoms in total. The minimum atomic E-state index is -0.783. The molecule has 1 aliphatic heterocycles. The number of ether oxygens (including phenoxy) is 1. The van der Waals surface area contributed by atoms with Crippen molar-refractivity contribution >= 4 is 23.2 Å². The van der Waals surface area contributed by atoms with Crippen LogP contribution in [0.5, 0.6) is 5.88 Å². The first-order chi connectivity index (χ1) is 15.0. The number of rotatable bonds is 6. The smallest absolute Gasteiger partial charge is 0.297 e. The fourth-order valence-electron chi connectivity index (χ4n) is 3.55. The first-order valence-electron chi connectivity index (χ1n) is 10.1. The number of pyridine rings is 1. The molecule has 1 amide bonds. The van der Waals surface area contributed by atoms with Crippen LogP contribution in [0.2, 0.25) is 0 Å². The molecule has 0 saturated carbocycles. The van der Waals surface area contributed by atoms with Gasteiger partial charge in [0.25, 0.3) is 5.56 Å². The highest BCUT2D eigenvalue weighted by molar-refractivity contribution is 5.81. The van der Waals surface area contributed by atoms with Gasteiger partial charge in [-0.15, -0.1) is 0 Å². The summed E-state index contributed by atoms with van der Waals surface area (Å²) in [5.41, 5.74) is 8.72. The quantitative estimate of drug-likeness (QED) is 0.558. The van der Waals surface area contributed by atoms with Crippen molar-refractivity contribution in [1.29, 1.82) is 0 Å². The summed E-state index contributed by atoms with van der Waals surface area (Å²) in [6.45, 7) is 4.21. The van der Waals surface area contributed by atoms with Gasteiger partial charge in [0.05, 0.1) is 6.20 Å². The van der Waals surface area contributed by atoms with Crippen molar-refractivity contribution < 1.29 is 9.53 Å². The van der Waals surface area contributed by atoms with Gasteiger partial charge in [-0.1, -0.05) is 31.2 Å². The first-order valence-corrected chi connectivity index (χ1v) is 10.1. The molecule has 0 unspecified atom stereocenters. The van der Waals surface area contributed by atoms with E-state index in [-0.39, 0.29) is 30.8 Å². The van der Waals surface area contributed by atoms with E-state index in [2.05, 4.69) is 20.6 Å². The molecule has 9 heteroatoms. The SMILES string of the molecule is CCc1ccccc1Nc1ncc2n(c1=O)[C@H](C(=O)NCc1ccc(N)nc1C)CO2. The minimum absolute atomic E-state index is 0.0662. The summed E-state index contributed by atoms with van der Waals surface area (Å²) in [5.74, 6) is 0.522. The third-order valence-electron chi connectivity index (χ3n) is 5.29. The number of benzene rings is 1. The number of anilines is 3. The normalized spacial score (nSPS) is 14.6. The maximum Gasteiger partial charge on any atom is 0.297 e. The Balaban J connectivity index is 1.55. The van der Waals surface area contributed by atoms with E-state index in [1.165, 1.54) is 10.8 Å². The van der Waals surface area contributed by atoms with Crippen LogP contribution in [-0.4, -0.2) is 27.0 Å². The van der Waals surface area contributed by atoms with Gasteiger partial charge in [-0.2, -0.15) is 0 Å². The van der Waals surface area contributed by atoms with Crippen molar-refractivity contribution in [1.82, 2.24) is 19.9 Å². The largest absolute Gasteiger partial charge is 0.475 e. The molecule has 1 aliphatic rings. The molecule has 0 aliphatic carbocycles. The van der Waals surface area contributed by atoms with Gasteiger partial charge in [-0.25, -0.2) is 9.97 Å². The van der Waals surface area contributed by atoms with Crippen LogP contribution >= 0.6 is 0 Å². The molecule has 2 aromatic heterocycles. The molecule has 3 aromatic rings. The third-order valence-corrected chi connectivity index (χ3v) is 5.29. The molecule has 0 fully saturated rings. The summed E-state index contributed by atoms with van der Waals surface area (Å²) < 4.78 is 6.88. The van der Waals surface area contributed by atoms with Crippen molar-refractivity contribution in [2.45, 2.75) is 32.9 Å². The molecule has 1 aromatic carbocycles. The second-order valence-corrected chi connectivity index (χ2v) is 7.28. The highest BCUT2D eigenvalue weighted by Crippen LogP contribution is 2.25. The molecule has 0 spiro atoms. The Labute approximate surface area is 179 Å². The maximum atomic E-state index is 13.1. The number of aromatic nitrogens is 3. The van der Waals surface area contributed by atoms with Crippen molar-refractivity contribution in [2.75, 3.05) is 17.7 Å². The zero-order valence-electron chi connectivity index (χ0n) is 17.4. The predicted octanol–water partition coefficient (Wildman–Crippen LogP) is 2.08. The van der Waals surface area contributed by atoms with E-state index in [4.69, 9.17) is 10.5 Å². The number of nitrogens with one attached hydrogen (secondary N) is 2. The molecular weight excluding hydrogens is 396 g/mol. The maximum absolute atomic E-state index is 13.1. The molecule has 3 heterocycles.